The summed E-state index contributed by atoms with van der Waals surface area (Å²) in [6.07, 6.45) is 5.57. The Morgan fingerprint density at radius 3 is 3.00 bits per heavy atom. The standard InChI is InChI=1S/C13H22N4O/c1-3-5-12-16-11(14)8-13(17-12)15-9-6-4-7-10(9)18-2/h8-10H,3-7H2,1-2H3,(H3,14,15,16,17). The second-order valence-corrected chi connectivity index (χ2v) is 4.80. The number of nitrogens with two attached hydrogens (primary N) is 1. The van der Waals surface area contributed by atoms with Crippen LogP contribution < -0.4 is 11.1 Å². The van der Waals surface area contributed by atoms with Crippen LogP contribution in [-0.2, 0) is 11.2 Å². The van der Waals surface area contributed by atoms with Crippen LogP contribution in [0.5, 0.6) is 0 Å². The van der Waals surface area contributed by atoms with Crippen molar-refractivity contribution in [3.63, 3.8) is 0 Å². The molecule has 18 heavy (non-hydrogen) atoms. The van der Waals surface area contributed by atoms with E-state index in [1.54, 1.807) is 13.2 Å². The molecule has 0 aliphatic heterocycles. The summed E-state index contributed by atoms with van der Waals surface area (Å²) in [5.41, 5.74) is 5.81. The van der Waals surface area contributed by atoms with Gasteiger partial charge in [0.25, 0.3) is 0 Å². The number of ether oxygens (including phenoxy) is 1. The van der Waals surface area contributed by atoms with Crippen LogP contribution in [0.1, 0.15) is 38.4 Å². The molecule has 0 radical (unpaired) electrons. The maximum Gasteiger partial charge on any atom is 0.133 e. The monoisotopic (exact) mass is 250 g/mol. The number of anilines is 2. The highest BCUT2D eigenvalue weighted by molar-refractivity contribution is 5.45. The summed E-state index contributed by atoms with van der Waals surface area (Å²) >= 11 is 0. The van der Waals surface area contributed by atoms with Gasteiger partial charge in [-0.15, -0.1) is 0 Å². The minimum absolute atomic E-state index is 0.274. The van der Waals surface area contributed by atoms with E-state index in [-0.39, 0.29) is 6.10 Å². The van der Waals surface area contributed by atoms with Crippen molar-refractivity contribution in [2.45, 2.75) is 51.2 Å². The van der Waals surface area contributed by atoms with Gasteiger partial charge in [0.2, 0.25) is 0 Å². The van der Waals surface area contributed by atoms with E-state index in [0.29, 0.717) is 11.9 Å². The Bertz CT molecular complexity index is 397. The Balaban J connectivity index is 2.08. The first-order chi connectivity index (χ1) is 8.72. The van der Waals surface area contributed by atoms with E-state index >= 15 is 0 Å². The molecule has 5 heteroatoms. The minimum Gasteiger partial charge on any atom is -0.384 e. The van der Waals surface area contributed by atoms with Crippen LogP contribution in [0.4, 0.5) is 11.6 Å². The van der Waals surface area contributed by atoms with Crippen molar-refractivity contribution >= 4 is 11.6 Å². The number of hydrogen-bond acceptors (Lipinski definition) is 5. The number of hydrogen-bond donors (Lipinski definition) is 2. The molecule has 1 heterocycles. The third kappa shape index (κ3) is 3.10. The van der Waals surface area contributed by atoms with Gasteiger partial charge in [-0.2, -0.15) is 0 Å². The summed E-state index contributed by atoms with van der Waals surface area (Å²) in [5, 5.41) is 3.43. The van der Waals surface area contributed by atoms with Crippen LogP contribution in [0.25, 0.3) is 0 Å². The van der Waals surface area contributed by atoms with Crippen LogP contribution in [-0.4, -0.2) is 29.2 Å². The van der Waals surface area contributed by atoms with E-state index < -0.39 is 0 Å². The van der Waals surface area contributed by atoms with Gasteiger partial charge in [0.15, 0.2) is 0 Å². The van der Waals surface area contributed by atoms with Gasteiger partial charge in [-0.1, -0.05) is 6.92 Å². The van der Waals surface area contributed by atoms with E-state index in [1.165, 1.54) is 6.42 Å². The summed E-state index contributed by atoms with van der Waals surface area (Å²) in [7, 11) is 1.77. The van der Waals surface area contributed by atoms with Crippen LogP contribution >= 0.6 is 0 Å². The van der Waals surface area contributed by atoms with Gasteiger partial charge in [0, 0.05) is 19.6 Å². The third-order valence-electron chi connectivity index (χ3n) is 3.35. The molecule has 2 rings (SSSR count). The SMILES string of the molecule is CCCc1nc(N)cc(NC2CCCC2OC)n1. The Kier molecular flexibility index (Phi) is 4.36. The lowest BCUT2D eigenvalue weighted by Gasteiger charge is -2.20. The van der Waals surface area contributed by atoms with Crippen molar-refractivity contribution in [1.82, 2.24) is 9.97 Å². The van der Waals surface area contributed by atoms with Gasteiger partial charge in [0.05, 0.1) is 12.1 Å². The predicted molar refractivity (Wildman–Crippen MR) is 72.5 cm³/mol. The molecule has 2 unspecified atom stereocenters. The fourth-order valence-corrected chi connectivity index (χ4v) is 2.49. The average molecular weight is 250 g/mol. The molecule has 3 N–H and O–H groups in total. The zero-order valence-corrected chi connectivity index (χ0v) is 11.1. The molecule has 1 aromatic heterocycles. The van der Waals surface area contributed by atoms with Crippen molar-refractivity contribution in [3.05, 3.63) is 11.9 Å². The van der Waals surface area contributed by atoms with Crippen LogP contribution in [0.2, 0.25) is 0 Å². The van der Waals surface area contributed by atoms with E-state index in [9.17, 15) is 0 Å². The molecule has 1 aliphatic rings. The maximum absolute atomic E-state index is 5.81. The summed E-state index contributed by atoms with van der Waals surface area (Å²) in [4.78, 5) is 8.73. The Labute approximate surface area is 108 Å². The van der Waals surface area contributed by atoms with Crippen molar-refractivity contribution < 1.29 is 4.74 Å². The molecule has 2 atom stereocenters. The van der Waals surface area contributed by atoms with Gasteiger partial charge in [-0.05, 0) is 25.7 Å². The van der Waals surface area contributed by atoms with Gasteiger partial charge >= 0.3 is 0 Å². The summed E-state index contributed by atoms with van der Waals surface area (Å²) in [6.45, 7) is 2.11. The second-order valence-electron chi connectivity index (χ2n) is 4.80. The number of rotatable bonds is 5. The van der Waals surface area contributed by atoms with Crippen molar-refractivity contribution in [2.24, 2.45) is 0 Å². The normalized spacial score (nSPS) is 23.2. The van der Waals surface area contributed by atoms with E-state index in [0.717, 1.165) is 37.3 Å². The summed E-state index contributed by atoms with van der Waals surface area (Å²) in [5.74, 6) is 2.16. The topological polar surface area (TPSA) is 73.1 Å². The molecule has 0 amide bonds. The number of aromatic nitrogens is 2. The molecule has 5 nitrogen and oxygen atoms in total. The van der Waals surface area contributed by atoms with Gasteiger partial charge in [0.1, 0.15) is 17.5 Å². The van der Waals surface area contributed by atoms with Crippen LogP contribution in [0.3, 0.4) is 0 Å². The Morgan fingerprint density at radius 1 is 1.44 bits per heavy atom. The van der Waals surface area contributed by atoms with Crippen molar-refractivity contribution in [2.75, 3.05) is 18.2 Å². The fraction of sp³-hybridized carbons (Fsp3) is 0.692. The highest BCUT2D eigenvalue weighted by atomic mass is 16.5. The average Bonchev–Trinajstić information content (AvgIpc) is 2.76. The number of aryl methyl sites for hydroxylation is 1. The highest BCUT2D eigenvalue weighted by Gasteiger charge is 2.27. The Morgan fingerprint density at radius 2 is 2.28 bits per heavy atom. The Hall–Kier alpha value is -1.36. The van der Waals surface area contributed by atoms with E-state index in [2.05, 4.69) is 22.2 Å². The lowest BCUT2D eigenvalue weighted by atomic mass is 10.2. The van der Waals surface area contributed by atoms with Crippen molar-refractivity contribution in [1.29, 1.82) is 0 Å². The zero-order valence-electron chi connectivity index (χ0n) is 11.1. The molecular formula is C13H22N4O. The number of methoxy groups -OCH3 is 1. The smallest absolute Gasteiger partial charge is 0.133 e. The molecule has 100 valence electrons. The second kappa shape index (κ2) is 6.00. The minimum atomic E-state index is 0.274. The number of nitrogens with zero attached hydrogens (tertiary/aromatic N) is 2. The van der Waals surface area contributed by atoms with E-state index in [1.807, 2.05) is 0 Å². The molecule has 1 fully saturated rings. The van der Waals surface area contributed by atoms with Crippen LogP contribution in [0.15, 0.2) is 6.07 Å². The van der Waals surface area contributed by atoms with Crippen LogP contribution in [0, 0.1) is 0 Å². The lowest BCUT2D eigenvalue weighted by molar-refractivity contribution is 0.101. The molecular weight excluding hydrogens is 228 g/mol. The lowest BCUT2D eigenvalue weighted by Crippen LogP contribution is -2.30. The quantitative estimate of drug-likeness (QED) is 0.836. The van der Waals surface area contributed by atoms with Crippen molar-refractivity contribution in [3.8, 4) is 0 Å². The molecule has 0 bridgehead atoms. The largest absolute Gasteiger partial charge is 0.384 e. The number of nitrogen functional groups attached to an aromatic ring is 1. The maximum atomic E-state index is 5.81. The fourth-order valence-electron chi connectivity index (χ4n) is 2.49. The highest BCUT2D eigenvalue weighted by Crippen LogP contribution is 2.24. The third-order valence-corrected chi connectivity index (χ3v) is 3.35. The summed E-state index contributed by atoms with van der Waals surface area (Å²) < 4.78 is 5.47. The molecule has 1 aromatic rings. The van der Waals surface area contributed by atoms with Gasteiger partial charge in [-0.25, -0.2) is 9.97 Å². The first-order valence-corrected chi connectivity index (χ1v) is 6.65. The first kappa shape index (κ1) is 13.1. The van der Waals surface area contributed by atoms with E-state index in [4.69, 9.17) is 10.5 Å². The van der Waals surface area contributed by atoms with Gasteiger partial charge < -0.3 is 15.8 Å². The zero-order chi connectivity index (χ0) is 13.0. The predicted octanol–water partition coefficient (Wildman–Crippen LogP) is 1.99. The molecule has 0 aromatic carbocycles. The molecule has 0 spiro atoms. The first-order valence-electron chi connectivity index (χ1n) is 6.65. The molecule has 1 aliphatic carbocycles. The number of nitrogens with one attached hydrogen (secondary N) is 1. The summed E-state index contributed by atoms with van der Waals surface area (Å²) in [6, 6.07) is 2.13. The molecule has 1 saturated carbocycles. The van der Waals surface area contributed by atoms with Gasteiger partial charge in [-0.3, -0.25) is 0 Å². The molecule has 0 saturated heterocycles.